The quantitative estimate of drug-likeness (QED) is 0.652. The summed E-state index contributed by atoms with van der Waals surface area (Å²) in [6.07, 6.45) is 2.33. The molecule has 1 saturated carbocycles. The molecule has 1 aliphatic rings. The fraction of sp³-hybridized carbons (Fsp3) is 0.417. The fourth-order valence-corrected chi connectivity index (χ4v) is 2.35. The molecule has 102 valence electrons. The van der Waals surface area contributed by atoms with Crippen molar-refractivity contribution >= 4 is 23.2 Å². The Morgan fingerprint density at radius 2 is 2.21 bits per heavy atom. The van der Waals surface area contributed by atoms with Crippen molar-refractivity contribution in [3.8, 4) is 0 Å². The van der Waals surface area contributed by atoms with Crippen molar-refractivity contribution in [2.24, 2.45) is 0 Å². The first-order valence-corrected chi connectivity index (χ1v) is 6.23. The molecule has 0 aliphatic heterocycles. The number of aliphatic hydroxyl groups is 1. The van der Waals surface area contributed by atoms with Crippen LogP contribution in [-0.4, -0.2) is 28.1 Å². The van der Waals surface area contributed by atoms with E-state index in [1.165, 1.54) is 18.2 Å². The van der Waals surface area contributed by atoms with Crippen LogP contribution < -0.4 is 5.32 Å². The Morgan fingerprint density at radius 1 is 1.53 bits per heavy atom. The Kier molecular flexibility index (Phi) is 3.73. The fourth-order valence-electron chi connectivity index (χ4n) is 2.07. The van der Waals surface area contributed by atoms with E-state index in [0.717, 1.165) is 6.42 Å². The first-order valence-electron chi connectivity index (χ1n) is 5.85. The van der Waals surface area contributed by atoms with Crippen LogP contribution in [0.25, 0.3) is 0 Å². The smallest absolute Gasteiger partial charge is 0.288 e. The molecular weight excluding hydrogens is 272 g/mol. The SMILES string of the molecule is O=C(NC1(CO)CCC1)c1cccc([N+](=O)[O-])c1Cl. The number of hydrogen-bond acceptors (Lipinski definition) is 4. The number of nitrogens with zero attached hydrogens (tertiary/aromatic N) is 1. The van der Waals surface area contributed by atoms with Gasteiger partial charge in [0.05, 0.1) is 22.6 Å². The van der Waals surface area contributed by atoms with Gasteiger partial charge in [-0.25, -0.2) is 0 Å². The van der Waals surface area contributed by atoms with Crippen LogP contribution in [0.15, 0.2) is 18.2 Å². The van der Waals surface area contributed by atoms with Crippen LogP contribution in [0.1, 0.15) is 29.6 Å². The zero-order chi connectivity index (χ0) is 14.0. The first-order chi connectivity index (χ1) is 8.99. The normalized spacial score (nSPS) is 16.5. The minimum atomic E-state index is -0.635. The van der Waals surface area contributed by atoms with Crippen molar-refractivity contribution in [3.63, 3.8) is 0 Å². The molecule has 1 fully saturated rings. The molecule has 19 heavy (non-hydrogen) atoms. The molecule has 0 spiro atoms. The number of nitro groups is 1. The second-order valence-electron chi connectivity index (χ2n) is 4.64. The lowest BCUT2D eigenvalue weighted by Gasteiger charge is -2.40. The second-order valence-corrected chi connectivity index (χ2v) is 5.02. The number of nitrogens with one attached hydrogen (secondary N) is 1. The number of hydrogen-bond donors (Lipinski definition) is 2. The predicted octanol–water partition coefficient (Wildman–Crippen LogP) is 1.89. The maximum absolute atomic E-state index is 12.1. The minimum Gasteiger partial charge on any atom is -0.394 e. The number of carbonyl (C=O) groups excluding carboxylic acids is 1. The van der Waals surface area contributed by atoms with Gasteiger partial charge in [0.25, 0.3) is 11.6 Å². The molecule has 6 nitrogen and oxygen atoms in total. The number of rotatable bonds is 4. The third-order valence-corrected chi connectivity index (χ3v) is 3.81. The highest BCUT2D eigenvalue weighted by molar-refractivity contribution is 6.35. The summed E-state index contributed by atoms with van der Waals surface area (Å²) < 4.78 is 0. The van der Waals surface area contributed by atoms with Crippen LogP contribution in [-0.2, 0) is 0 Å². The van der Waals surface area contributed by atoms with Gasteiger partial charge in [-0.05, 0) is 25.3 Å². The molecule has 1 aliphatic carbocycles. The van der Waals surface area contributed by atoms with Crippen LogP contribution in [0.5, 0.6) is 0 Å². The summed E-state index contributed by atoms with van der Waals surface area (Å²) in [5.74, 6) is -0.498. The van der Waals surface area contributed by atoms with Crippen molar-refractivity contribution in [1.29, 1.82) is 0 Å². The van der Waals surface area contributed by atoms with E-state index in [0.29, 0.717) is 12.8 Å². The van der Waals surface area contributed by atoms with Gasteiger partial charge in [-0.15, -0.1) is 0 Å². The molecule has 0 aromatic heterocycles. The van der Waals surface area contributed by atoms with Crippen LogP contribution in [0.3, 0.4) is 0 Å². The van der Waals surface area contributed by atoms with E-state index in [4.69, 9.17) is 11.6 Å². The highest BCUT2D eigenvalue weighted by Gasteiger charge is 2.38. The van der Waals surface area contributed by atoms with Gasteiger partial charge >= 0.3 is 0 Å². The van der Waals surface area contributed by atoms with E-state index < -0.39 is 16.4 Å². The molecule has 1 aromatic carbocycles. The zero-order valence-corrected chi connectivity index (χ0v) is 10.8. The minimum absolute atomic E-state index is 0.0515. The standard InChI is InChI=1S/C12H13ClN2O4/c13-10-8(3-1-4-9(10)15(18)19)11(17)14-12(7-16)5-2-6-12/h1,3-4,16H,2,5-7H2,(H,14,17). The summed E-state index contributed by atoms with van der Waals surface area (Å²) in [4.78, 5) is 22.2. The van der Waals surface area contributed by atoms with Gasteiger partial charge < -0.3 is 10.4 Å². The van der Waals surface area contributed by atoms with Gasteiger partial charge in [0.2, 0.25) is 0 Å². The largest absolute Gasteiger partial charge is 0.394 e. The van der Waals surface area contributed by atoms with E-state index >= 15 is 0 Å². The van der Waals surface area contributed by atoms with Crippen LogP contribution in [0.4, 0.5) is 5.69 Å². The van der Waals surface area contributed by atoms with E-state index in [-0.39, 0.29) is 22.9 Å². The molecule has 0 heterocycles. The van der Waals surface area contributed by atoms with Crippen molar-refractivity contribution < 1.29 is 14.8 Å². The van der Waals surface area contributed by atoms with Crippen molar-refractivity contribution in [3.05, 3.63) is 38.9 Å². The van der Waals surface area contributed by atoms with E-state index in [1.807, 2.05) is 0 Å². The topological polar surface area (TPSA) is 92.5 Å². The number of carbonyl (C=O) groups is 1. The van der Waals surface area contributed by atoms with Crippen LogP contribution in [0.2, 0.25) is 5.02 Å². The third kappa shape index (κ3) is 2.54. The maximum atomic E-state index is 12.1. The Balaban J connectivity index is 2.24. The summed E-state index contributed by atoms with van der Waals surface area (Å²) in [5, 5.41) is 22.6. The summed E-state index contributed by atoms with van der Waals surface area (Å²) in [6.45, 7) is -0.148. The Hall–Kier alpha value is -1.66. The summed E-state index contributed by atoms with van der Waals surface area (Å²) >= 11 is 5.87. The monoisotopic (exact) mass is 284 g/mol. The molecule has 2 rings (SSSR count). The third-order valence-electron chi connectivity index (χ3n) is 3.41. The van der Waals surface area contributed by atoms with Crippen molar-refractivity contribution in [1.82, 2.24) is 5.32 Å². The average Bonchev–Trinajstić information content (AvgIpc) is 2.33. The second kappa shape index (κ2) is 5.14. The lowest BCUT2D eigenvalue weighted by molar-refractivity contribution is -0.384. The molecule has 2 N–H and O–H groups in total. The van der Waals surface area contributed by atoms with Crippen molar-refractivity contribution in [2.45, 2.75) is 24.8 Å². The average molecular weight is 285 g/mol. The molecule has 0 saturated heterocycles. The van der Waals surface area contributed by atoms with Gasteiger partial charge in [-0.2, -0.15) is 0 Å². The predicted molar refractivity (Wildman–Crippen MR) is 69.2 cm³/mol. The van der Waals surface area contributed by atoms with Gasteiger partial charge in [0, 0.05) is 6.07 Å². The number of amides is 1. The molecular formula is C12H13ClN2O4. The van der Waals surface area contributed by atoms with Gasteiger partial charge in [-0.3, -0.25) is 14.9 Å². The lowest BCUT2D eigenvalue weighted by Crippen LogP contribution is -2.56. The van der Waals surface area contributed by atoms with Crippen LogP contribution in [0, 0.1) is 10.1 Å². The zero-order valence-electron chi connectivity index (χ0n) is 10.1. The summed E-state index contributed by atoms with van der Waals surface area (Å²) in [5.41, 5.74) is -0.859. The number of halogens is 1. The Labute approximate surface area is 114 Å². The summed E-state index contributed by atoms with van der Waals surface area (Å²) in [6, 6.07) is 4.07. The lowest BCUT2D eigenvalue weighted by atomic mass is 9.77. The van der Waals surface area contributed by atoms with Crippen molar-refractivity contribution in [2.75, 3.05) is 6.61 Å². The number of nitro benzene ring substituents is 1. The number of aliphatic hydroxyl groups excluding tert-OH is 1. The molecule has 0 unspecified atom stereocenters. The Bertz CT molecular complexity index is 523. The highest BCUT2D eigenvalue weighted by Crippen LogP contribution is 2.33. The van der Waals surface area contributed by atoms with Gasteiger partial charge in [0.1, 0.15) is 5.02 Å². The maximum Gasteiger partial charge on any atom is 0.288 e. The molecule has 0 bridgehead atoms. The molecule has 7 heteroatoms. The van der Waals surface area contributed by atoms with E-state index in [9.17, 15) is 20.0 Å². The summed E-state index contributed by atoms with van der Waals surface area (Å²) in [7, 11) is 0. The molecule has 1 amide bonds. The molecule has 0 radical (unpaired) electrons. The van der Waals surface area contributed by atoms with Gasteiger partial charge in [-0.1, -0.05) is 17.7 Å². The first kappa shape index (κ1) is 13.8. The van der Waals surface area contributed by atoms with E-state index in [2.05, 4.69) is 5.32 Å². The van der Waals surface area contributed by atoms with Gasteiger partial charge in [0.15, 0.2) is 0 Å². The van der Waals surface area contributed by atoms with Crippen LogP contribution >= 0.6 is 11.6 Å². The molecule has 0 atom stereocenters. The number of benzene rings is 1. The highest BCUT2D eigenvalue weighted by atomic mass is 35.5. The Morgan fingerprint density at radius 3 is 2.68 bits per heavy atom. The van der Waals surface area contributed by atoms with E-state index in [1.54, 1.807) is 0 Å². The molecule has 1 aromatic rings.